The van der Waals surface area contributed by atoms with Crippen molar-refractivity contribution in [3.63, 3.8) is 0 Å². The van der Waals surface area contributed by atoms with Crippen molar-refractivity contribution in [1.82, 2.24) is 9.97 Å². The first kappa shape index (κ1) is 20.3. The van der Waals surface area contributed by atoms with E-state index in [1.807, 2.05) is 13.8 Å². The van der Waals surface area contributed by atoms with Gasteiger partial charge < -0.3 is 14.5 Å². The fourth-order valence-electron chi connectivity index (χ4n) is 3.50. The summed E-state index contributed by atoms with van der Waals surface area (Å²) in [6.45, 7) is 3.83. The van der Waals surface area contributed by atoms with E-state index in [9.17, 15) is 4.79 Å². The van der Waals surface area contributed by atoms with Gasteiger partial charge in [0.05, 0.1) is 28.7 Å². The van der Waals surface area contributed by atoms with Crippen molar-refractivity contribution < 1.29 is 9.47 Å². The number of hydrogen-bond donors (Lipinski definition) is 1. The van der Waals surface area contributed by atoms with Gasteiger partial charge in [0.15, 0.2) is 17.3 Å². The number of nitrogens with one attached hydrogen (secondary N) is 1. The molecule has 1 N–H and O–H groups in total. The second-order valence-corrected chi connectivity index (χ2v) is 9.04. The number of methoxy groups -OCH3 is 1. The molecule has 0 bridgehead atoms. The molecule has 0 spiro atoms. The zero-order valence-corrected chi connectivity index (χ0v) is 18.6. The molecule has 152 valence electrons. The summed E-state index contributed by atoms with van der Waals surface area (Å²) in [7, 11) is 1.55. The number of hydrogen-bond acceptors (Lipinski definition) is 5. The third-order valence-electron chi connectivity index (χ3n) is 4.70. The fraction of sp³-hybridized carbons (Fsp3) is 0.333. The van der Waals surface area contributed by atoms with Gasteiger partial charge in [0.1, 0.15) is 4.83 Å². The summed E-state index contributed by atoms with van der Waals surface area (Å²) < 4.78 is 11.1. The highest BCUT2D eigenvalue weighted by Crippen LogP contribution is 2.39. The van der Waals surface area contributed by atoms with E-state index in [-0.39, 0.29) is 11.7 Å². The molecule has 0 amide bonds. The number of aryl methyl sites for hydroxylation is 2. The molecule has 1 aromatic carbocycles. The Balaban J connectivity index is 1.74. The molecule has 0 atom stereocenters. The molecule has 1 aliphatic rings. The molecule has 2 aromatic heterocycles. The lowest BCUT2D eigenvalue weighted by Gasteiger charge is -2.15. The first-order valence-corrected chi connectivity index (χ1v) is 10.9. The molecular formula is C21H20Cl2N2O3S. The maximum Gasteiger partial charge on any atom is 0.260 e. The summed E-state index contributed by atoms with van der Waals surface area (Å²) in [5.41, 5.74) is 1.71. The first-order valence-electron chi connectivity index (χ1n) is 9.33. The van der Waals surface area contributed by atoms with Gasteiger partial charge in [-0.1, -0.05) is 23.2 Å². The Hall–Kier alpha value is -2.02. The lowest BCUT2D eigenvalue weighted by Crippen LogP contribution is -2.10. The van der Waals surface area contributed by atoms with Crippen LogP contribution in [-0.4, -0.2) is 23.2 Å². The first-order chi connectivity index (χ1) is 13.9. The monoisotopic (exact) mass is 450 g/mol. The van der Waals surface area contributed by atoms with Crippen molar-refractivity contribution in [3.8, 4) is 11.5 Å². The molecule has 0 saturated carbocycles. The molecule has 0 fully saturated rings. The summed E-state index contributed by atoms with van der Waals surface area (Å²) in [4.78, 5) is 22.0. The SMILES string of the molecule is COc1cc(/C=C(\Cl)c2nc3sc4c(c3c(=O)[nH]2)CCC4)cc(Cl)c1OC(C)C. The van der Waals surface area contributed by atoms with Gasteiger partial charge in [-0.25, -0.2) is 4.98 Å². The van der Waals surface area contributed by atoms with Crippen LogP contribution < -0.4 is 15.0 Å². The van der Waals surface area contributed by atoms with Crippen LogP contribution in [0.15, 0.2) is 16.9 Å². The van der Waals surface area contributed by atoms with Crippen LogP contribution in [0.3, 0.4) is 0 Å². The van der Waals surface area contributed by atoms with Crippen molar-refractivity contribution in [2.24, 2.45) is 0 Å². The number of nitrogens with zero attached hydrogens (tertiary/aromatic N) is 1. The molecule has 0 radical (unpaired) electrons. The van der Waals surface area contributed by atoms with E-state index >= 15 is 0 Å². The van der Waals surface area contributed by atoms with Crippen LogP contribution in [0, 0.1) is 0 Å². The second kappa shape index (κ2) is 8.01. The number of aromatic amines is 1. The van der Waals surface area contributed by atoms with E-state index in [2.05, 4.69) is 9.97 Å². The lowest BCUT2D eigenvalue weighted by atomic mass is 10.1. The van der Waals surface area contributed by atoms with E-state index in [1.54, 1.807) is 36.7 Å². The number of ether oxygens (including phenoxy) is 2. The van der Waals surface area contributed by atoms with E-state index in [4.69, 9.17) is 32.7 Å². The van der Waals surface area contributed by atoms with Crippen LogP contribution in [0.25, 0.3) is 21.3 Å². The van der Waals surface area contributed by atoms with Crippen molar-refractivity contribution >= 4 is 55.9 Å². The van der Waals surface area contributed by atoms with Crippen LogP contribution in [0.2, 0.25) is 5.02 Å². The number of halogens is 2. The fourth-order valence-corrected chi connectivity index (χ4v) is 5.24. The van der Waals surface area contributed by atoms with Crippen molar-refractivity contribution in [2.45, 2.75) is 39.2 Å². The average Bonchev–Trinajstić information content (AvgIpc) is 3.23. The maximum absolute atomic E-state index is 12.6. The summed E-state index contributed by atoms with van der Waals surface area (Å²) in [5.74, 6) is 1.33. The highest BCUT2D eigenvalue weighted by molar-refractivity contribution is 7.18. The Kier molecular flexibility index (Phi) is 5.60. The maximum atomic E-state index is 12.6. The Morgan fingerprint density at radius 2 is 2.14 bits per heavy atom. The molecule has 0 unspecified atom stereocenters. The molecule has 5 nitrogen and oxygen atoms in total. The van der Waals surface area contributed by atoms with Crippen LogP contribution in [0.1, 0.15) is 42.1 Å². The lowest BCUT2D eigenvalue weighted by molar-refractivity contribution is 0.230. The van der Waals surface area contributed by atoms with Gasteiger partial charge in [-0.3, -0.25) is 4.79 Å². The van der Waals surface area contributed by atoms with Gasteiger partial charge in [-0.05, 0) is 62.4 Å². The Morgan fingerprint density at radius 3 is 2.86 bits per heavy atom. The molecule has 3 aromatic rings. The quantitative estimate of drug-likeness (QED) is 0.544. The highest BCUT2D eigenvalue weighted by atomic mass is 35.5. The molecule has 2 heterocycles. The van der Waals surface area contributed by atoms with Gasteiger partial charge in [0.2, 0.25) is 0 Å². The molecule has 0 saturated heterocycles. The van der Waals surface area contributed by atoms with Gasteiger partial charge >= 0.3 is 0 Å². The third kappa shape index (κ3) is 3.89. The van der Waals surface area contributed by atoms with E-state index in [0.29, 0.717) is 38.3 Å². The second-order valence-electron chi connectivity index (χ2n) is 7.15. The van der Waals surface area contributed by atoms with E-state index in [1.165, 1.54) is 4.88 Å². The van der Waals surface area contributed by atoms with Crippen molar-refractivity contribution in [2.75, 3.05) is 7.11 Å². The molecule has 0 aliphatic heterocycles. The molecular weight excluding hydrogens is 431 g/mol. The van der Waals surface area contributed by atoms with E-state index in [0.717, 1.165) is 29.7 Å². The minimum absolute atomic E-state index is 0.0418. The van der Waals surface area contributed by atoms with Crippen LogP contribution >= 0.6 is 34.5 Å². The van der Waals surface area contributed by atoms with Crippen molar-refractivity contribution in [1.29, 1.82) is 0 Å². The predicted octanol–water partition coefficient (Wildman–Crippen LogP) is 5.66. The number of benzene rings is 1. The summed E-state index contributed by atoms with van der Waals surface area (Å²) in [6.07, 6.45) is 4.70. The Labute approximate surface area is 182 Å². The minimum atomic E-state index is -0.146. The number of rotatable bonds is 5. The van der Waals surface area contributed by atoms with Gasteiger partial charge in [-0.15, -0.1) is 11.3 Å². The standard InChI is InChI=1S/C21H20Cl2N2O3S/c1-10(2)28-18-13(22)7-11(9-15(18)27-3)8-14(23)19-24-20(26)17-12-5-4-6-16(12)29-21(17)25-19/h7-10H,4-6H2,1-3H3,(H,24,25,26)/b14-8-. The Bertz CT molecular complexity index is 1180. The topological polar surface area (TPSA) is 64.2 Å². The third-order valence-corrected chi connectivity index (χ3v) is 6.45. The number of aromatic nitrogens is 2. The minimum Gasteiger partial charge on any atom is -0.493 e. The normalized spacial score (nSPS) is 13.9. The number of fused-ring (bicyclic) bond motifs is 3. The van der Waals surface area contributed by atoms with Crippen LogP contribution in [-0.2, 0) is 12.8 Å². The van der Waals surface area contributed by atoms with Gasteiger partial charge in [-0.2, -0.15) is 0 Å². The zero-order chi connectivity index (χ0) is 20.7. The summed E-state index contributed by atoms with van der Waals surface area (Å²) >= 11 is 14.5. The zero-order valence-electron chi connectivity index (χ0n) is 16.3. The van der Waals surface area contributed by atoms with Crippen LogP contribution in [0.5, 0.6) is 11.5 Å². The van der Waals surface area contributed by atoms with Gasteiger partial charge in [0.25, 0.3) is 5.56 Å². The molecule has 4 rings (SSSR count). The summed E-state index contributed by atoms with van der Waals surface area (Å²) in [5, 5.41) is 1.43. The van der Waals surface area contributed by atoms with E-state index < -0.39 is 0 Å². The number of H-pyrrole nitrogens is 1. The predicted molar refractivity (Wildman–Crippen MR) is 120 cm³/mol. The van der Waals surface area contributed by atoms with Crippen molar-refractivity contribution in [3.05, 3.63) is 49.3 Å². The molecule has 29 heavy (non-hydrogen) atoms. The molecule has 8 heteroatoms. The van der Waals surface area contributed by atoms with Gasteiger partial charge in [0, 0.05) is 4.88 Å². The largest absolute Gasteiger partial charge is 0.493 e. The van der Waals surface area contributed by atoms with Crippen LogP contribution in [0.4, 0.5) is 0 Å². The number of thiophene rings is 1. The average molecular weight is 451 g/mol. The smallest absolute Gasteiger partial charge is 0.260 e. The Morgan fingerprint density at radius 1 is 1.34 bits per heavy atom. The molecule has 1 aliphatic carbocycles. The highest BCUT2D eigenvalue weighted by Gasteiger charge is 2.21. The summed E-state index contributed by atoms with van der Waals surface area (Å²) in [6, 6.07) is 3.52.